The molecule has 4 nitrogen and oxygen atoms in total. The van der Waals surface area contributed by atoms with Crippen molar-refractivity contribution in [2.45, 2.75) is 6.61 Å². The monoisotopic (exact) mass is 296 g/mol. The fraction of sp³-hybridized carbons (Fsp3) is 0.111. The lowest BCUT2D eigenvalue weighted by Gasteiger charge is -2.10. The van der Waals surface area contributed by atoms with Crippen molar-refractivity contribution < 1.29 is 19.1 Å². The smallest absolute Gasteiger partial charge is 0.338 e. The summed E-state index contributed by atoms with van der Waals surface area (Å²) in [4.78, 5) is 22.7. The third-order valence-corrected chi connectivity index (χ3v) is 2.96. The molecule has 0 aliphatic carbocycles. The maximum absolute atomic E-state index is 12.0. The summed E-state index contributed by atoms with van der Waals surface area (Å²) in [5.74, 6) is 0.152. The normalized spacial score (nSPS) is 9.82. The van der Waals surface area contributed by atoms with Crippen LogP contribution in [0.15, 0.2) is 61.2 Å². The van der Waals surface area contributed by atoms with Gasteiger partial charge in [-0.1, -0.05) is 43.0 Å². The van der Waals surface area contributed by atoms with E-state index in [2.05, 4.69) is 6.58 Å². The van der Waals surface area contributed by atoms with Gasteiger partial charge in [0.1, 0.15) is 25.2 Å². The number of benzene rings is 2. The number of ether oxygens (including phenoxy) is 2. The summed E-state index contributed by atoms with van der Waals surface area (Å²) < 4.78 is 10.7. The van der Waals surface area contributed by atoms with Crippen molar-refractivity contribution in [1.29, 1.82) is 0 Å². The highest BCUT2D eigenvalue weighted by Gasteiger charge is 2.12. The molecule has 0 spiro atoms. The summed E-state index contributed by atoms with van der Waals surface area (Å²) in [5, 5.41) is 0. The average Bonchev–Trinajstić information content (AvgIpc) is 2.58. The minimum Gasteiger partial charge on any atom is -0.489 e. The minimum atomic E-state index is -0.416. The Bertz CT molecular complexity index is 676. The van der Waals surface area contributed by atoms with Crippen molar-refractivity contribution >= 4 is 12.3 Å². The Kier molecular flexibility index (Phi) is 5.49. The van der Waals surface area contributed by atoms with Gasteiger partial charge >= 0.3 is 5.97 Å². The van der Waals surface area contributed by atoms with Crippen molar-refractivity contribution in [3.8, 4) is 5.75 Å². The molecule has 0 bridgehead atoms. The summed E-state index contributed by atoms with van der Waals surface area (Å²) in [6.45, 7) is 3.88. The SMILES string of the molecule is C=CCOC(=O)c1ccccc1COc1cccc(C=O)c1. The third-order valence-electron chi connectivity index (χ3n) is 2.96. The quantitative estimate of drug-likeness (QED) is 0.446. The van der Waals surface area contributed by atoms with Crippen LogP contribution in [0.2, 0.25) is 0 Å². The standard InChI is InChI=1S/C18H16O4/c1-2-10-21-18(20)17-9-4-3-7-15(17)13-22-16-8-5-6-14(11-16)12-19/h2-9,11-12H,1,10,13H2. The second-order valence-electron chi connectivity index (χ2n) is 4.52. The second-order valence-corrected chi connectivity index (χ2v) is 4.52. The molecule has 0 atom stereocenters. The van der Waals surface area contributed by atoms with E-state index in [1.807, 2.05) is 6.07 Å². The highest BCUT2D eigenvalue weighted by Crippen LogP contribution is 2.17. The molecule has 0 N–H and O–H groups in total. The van der Waals surface area contributed by atoms with E-state index in [1.165, 1.54) is 6.08 Å². The summed E-state index contributed by atoms with van der Waals surface area (Å²) in [6.07, 6.45) is 2.27. The third kappa shape index (κ3) is 4.06. The number of aldehydes is 1. The van der Waals surface area contributed by atoms with Crippen LogP contribution in [0.4, 0.5) is 0 Å². The Morgan fingerprint density at radius 2 is 1.95 bits per heavy atom. The number of hydrogen-bond acceptors (Lipinski definition) is 4. The predicted molar refractivity (Wildman–Crippen MR) is 83.1 cm³/mol. The summed E-state index contributed by atoms with van der Waals surface area (Å²) in [5.41, 5.74) is 1.71. The zero-order valence-electron chi connectivity index (χ0n) is 12.0. The number of carbonyl (C=O) groups is 2. The molecule has 0 radical (unpaired) electrons. The first-order chi connectivity index (χ1) is 10.7. The fourth-order valence-corrected chi connectivity index (χ4v) is 1.90. The lowest BCUT2D eigenvalue weighted by atomic mass is 10.1. The summed E-state index contributed by atoms with van der Waals surface area (Å²) >= 11 is 0. The van der Waals surface area contributed by atoms with Gasteiger partial charge in [0.25, 0.3) is 0 Å². The predicted octanol–water partition coefficient (Wildman–Crippen LogP) is 3.42. The van der Waals surface area contributed by atoms with Crippen LogP contribution in [0, 0.1) is 0 Å². The average molecular weight is 296 g/mol. The molecule has 0 heterocycles. The van der Waals surface area contributed by atoms with Gasteiger partial charge in [-0.15, -0.1) is 0 Å². The van der Waals surface area contributed by atoms with Crippen molar-refractivity contribution in [1.82, 2.24) is 0 Å². The van der Waals surface area contributed by atoms with E-state index in [0.29, 0.717) is 22.4 Å². The minimum absolute atomic E-state index is 0.162. The number of esters is 1. The number of rotatable bonds is 7. The molecule has 0 aliphatic rings. The van der Waals surface area contributed by atoms with Crippen LogP contribution >= 0.6 is 0 Å². The molecule has 22 heavy (non-hydrogen) atoms. The van der Waals surface area contributed by atoms with Crippen LogP contribution < -0.4 is 4.74 Å². The van der Waals surface area contributed by atoms with E-state index < -0.39 is 5.97 Å². The maximum atomic E-state index is 12.0. The van der Waals surface area contributed by atoms with Gasteiger partial charge < -0.3 is 9.47 Å². The first-order valence-corrected chi connectivity index (χ1v) is 6.78. The lowest BCUT2D eigenvalue weighted by Crippen LogP contribution is -2.10. The van der Waals surface area contributed by atoms with E-state index >= 15 is 0 Å². The van der Waals surface area contributed by atoms with Gasteiger partial charge in [0.05, 0.1) is 5.56 Å². The van der Waals surface area contributed by atoms with Crippen LogP contribution in [-0.2, 0) is 11.3 Å². The molecule has 2 aromatic carbocycles. The molecule has 112 valence electrons. The summed E-state index contributed by atoms with van der Waals surface area (Å²) in [7, 11) is 0. The maximum Gasteiger partial charge on any atom is 0.338 e. The van der Waals surface area contributed by atoms with Crippen LogP contribution in [0.3, 0.4) is 0 Å². The van der Waals surface area contributed by atoms with Crippen LogP contribution in [0.1, 0.15) is 26.3 Å². The van der Waals surface area contributed by atoms with Crippen molar-refractivity contribution in [3.05, 3.63) is 77.9 Å². The van der Waals surface area contributed by atoms with Crippen molar-refractivity contribution in [3.63, 3.8) is 0 Å². The van der Waals surface area contributed by atoms with Crippen LogP contribution in [0.25, 0.3) is 0 Å². The van der Waals surface area contributed by atoms with Crippen LogP contribution in [0.5, 0.6) is 5.75 Å². The van der Waals surface area contributed by atoms with E-state index in [4.69, 9.17) is 9.47 Å². The zero-order valence-corrected chi connectivity index (χ0v) is 12.0. The summed E-state index contributed by atoms with van der Waals surface area (Å²) in [6, 6.07) is 13.9. The molecule has 0 fully saturated rings. The highest BCUT2D eigenvalue weighted by molar-refractivity contribution is 5.91. The molecule has 0 amide bonds. The molecule has 4 heteroatoms. The largest absolute Gasteiger partial charge is 0.489 e. The molecular weight excluding hydrogens is 280 g/mol. The van der Waals surface area contributed by atoms with Crippen molar-refractivity contribution in [2.75, 3.05) is 6.61 Å². The van der Waals surface area contributed by atoms with Gasteiger partial charge in [-0.25, -0.2) is 4.79 Å². The Labute approximate surface area is 129 Å². The van der Waals surface area contributed by atoms with E-state index in [9.17, 15) is 9.59 Å². The number of carbonyl (C=O) groups excluding carboxylic acids is 2. The van der Waals surface area contributed by atoms with E-state index in [0.717, 1.165) is 6.29 Å². The van der Waals surface area contributed by atoms with Crippen LogP contribution in [-0.4, -0.2) is 18.9 Å². The second kappa shape index (κ2) is 7.78. The first kappa shape index (κ1) is 15.5. The Morgan fingerprint density at radius 3 is 2.73 bits per heavy atom. The van der Waals surface area contributed by atoms with Gasteiger partial charge in [-0.3, -0.25) is 4.79 Å². The van der Waals surface area contributed by atoms with Gasteiger partial charge in [0, 0.05) is 11.1 Å². The topological polar surface area (TPSA) is 52.6 Å². The zero-order chi connectivity index (χ0) is 15.8. The van der Waals surface area contributed by atoms with Gasteiger partial charge in [0.15, 0.2) is 0 Å². The van der Waals surface area contributed by atoms with E-state index in [1.54, 1.807) is 42.5 Å². The molecule has 0 aromatic heterocycles. The number of hydrogen-bond donors (Lipinski definition) is 0. The molecule has 0 saturated carbocycles. The van der Waals surface area contributed by atoms with Gasteiger partial charge in [-0.2, -0.15) is 0 Å². The van der Waals surface area contributed by atoms with Crippen molar-refractivity contribution in [2.24, 2.45) is 0 Å². The molecule has 0 aliphatic heterocycles. The van der Waals surface area contributed by atoms with Gasteiger partial charge in [0.2, 0.25) is 0 Å². The molecule has 2 rings (SSSR count). The molecule has 0 unspecified atom stereocenters. The first-order valence-electron chi connectivity index (χ1n) is 6.78. The van der Waals surface area contributed by atoms with E-state index in [-0.39, 0.29) is 13.2 Å². The Balaban J connectivity index is 2.10. The van der Waals surface area contributed by atoms with Gasteiger partial charge in [-0.05, 0) is 18.2 Å². The molecular formula is C18H16O4. The Hall–Kier alpha value is -2.88. The lowest BCUT2D eigenvalue weighted by molar-refractivity contribution is 0.0546. The molecule has 2 aromatic rings. The Morgan fingerprint density at radius 1 is 1.14 bits per heavy atom. The molecule has 0 saturated heterocycles. The fourth-order valence-electron chi connectivity index (χ4n) is 1.90. The highest BCUT2D eigenvalue weighted by atomic mass is 16.5.